The second kappa shape index (κ2) is 7.01. The van der Waals surface area contributed by atoms with E-state index in [0.29, 0.717) is 5.75 Å². The zero-order valence-electron chi connectivity index (χ0n) is 12.6. The first-order valence-corrected chi connectivity index (χ1v) is 8.00. The molecule has 0 aliphatic carbocycles. The van der Waals surface area contributed by atoms with E-state index in [1.54, 1.807) is 30.3 Å². The fourth-order valence-electron chi connectivity index (χ4n) is 1.71. The van der Waals surface area contributed by atoms with Crippen molar-refractivity contribution in [1.82, 2.24) is 0 Å². The van der Waals surface area contributed by atoms with E-state index < -0.39 is 27.3 Å². The molecule has 0 amide bonds. The minimum Gasteiger partial charge on any atom is -0.465 e. The Morgan fingerprint density at radius 1 is 0.960 bits per heavy atom. The van der Waals surface area contributed by atoms with Gasteiger partial charge in [-0.2, -0.15) is 21.6 Å². The smallest absolute Gasteiger partial charge is 0.465 e. The highest BCUT2D eigenvalue weighted by atomic mass is 32.2. The van der Waals surface area contributed by atoms with Crippen LogP contribution in [0.25, 0.3) is 0 Å². The normalized spacial score (nSPS) is 11.7. The summed E-state index contributed by atoms with van der Waals surface area (Å²) in [6, 6.07) is 11.0. The van der Waals surface area contributed by atoms with Crippen molar-refractivity contribution in [2.45, 2.75) is 5.51 Å². The average molecular weight is 376 g/mol. The van der Waals surface area contributed by atoms with Gasteiger partial charge in [-0.3, -0.25) is 0 Å². The van der Waals surface area contributed by atoms with E-state index in [-0.39, 0.29) is 11.3 Å². The summed E-state index contributed by atoms with van der Waals surface area (Å²) in [7, 11) is -4.84. The predicted octanol–water partition coefficient (Wildman–Crippen LogP) is 3.49. The van der Waals surface area contributed by atoms with E-state index >= 15 is 0 Å². The van der Waals surface area contributed by atoms with Crippen LogP contribution in [-0.2, 0) is 14.9 Å². The summed E-state index contributed by atoms with van der Waals surface area (Å²) in [6.07, 6.45) is 0. The molecule has 0 aromatic heterocycles. The molecule has 0 N–H and O–H groups in total. The number of hydrogen-bond donors (Lipinski definition) is 0. The van der Waals surface area contributed by atoms with Crippen molar-refractivity contribution < 1.29 is 40.0 Å². The number of hydrogen-bond acceptors (Lipinski definition) is 6. The average Bonchev–Trinajstić information content (AvgIpc) is 2.53. The summed E-state index contributed by atoms with van der Waals surface area (Å²) in [5.74, 6) is -1.45. The highest BCUT2D eigenvalue weighted by Crippen LogP contribution is 2.32. The molecule has 6 nitrogen and oxygen atoms in total. The summed E-state index contributed by atoms with van der Waals surface area (Å²) < 4.78 is 73.5. The van der Waals surface area contributed by atoms with E-state index in [9.17, 15) is 26.4 Å². The molecule has 0 bridgehead atoms. The SMILES string of the molecule is COC(=O)c1cc(Oc2ccccc2)cc(OS(=O)(=O)C(F)(F)F)c1. The molecule has 0 heterocycles. The Kier molecular flexibility index (Phi) is 5.21. The first kappa shape index (κ1) is 18.6. The summed E-state index contributed by atoms with van der Waals surface area (Å²) in [5, 5.41) is 0. The molecule has 0 unspecified atom stereocenters. The van der Waals surface area contributed by atoms with Crippen molar-refractivity contribution in [3.8, 4) is 17.2 Å². The van der Waals surface area contributed by atoms with Crippen LogP contribution in [0.4, 0.5) is 13.2 Å². The molecule has 10 heteroatoms. The van der Waals surface area contributed by atoms with Crippen LogP contribution in [0.1, 0.15) is 10.4 Å². The van der Waals surface area contributed by atoms with Crippen molar-refractivity contribution in [3.63, 3.8) is 0 Å². The van der Waals surface area contributed by atoms with Crippen LogP contribution in [0, 0.1) is 0 Å². The Morgan fingerprint density at radius 3 is 2.12 bits per heavy atom. The van der Waals surface area contributed by atoms with E-state index in [2.05, 4.69) is 8.92 Å². The molecule has 0 fully saturated rings. The molecule has 0 aliphatic rings. The monoisotopic (exact) mass is 376 g/mol. The fourth-order valence-corrected chi connectivity index (χ4v) is 2.16. The van der Waals surface area contributed by atoms with Gasteiger partial charge in [-0.15, -0.1) is 0 Å². The molecule has 0 saturated heterocycles. The minimum absolute atomic E-state index is 0.110. The van der Waals surface area contributed by atoms with Crippen molar-refractivity contribution >= 4 is 16.1 Å². The second-order valence-electron chi connectivity index (χ2n) is 4.58. The van der Waals surface area contributed by atoms with Crippen molar-refractivity contribution in [2.75, 3.05) is 7.11 Å². The summed E-state index contributed by atoms with van der Waals surface area (Å²) in [5.41, 5.74) is -5.86. The Bertz CT molecular complexity index is 863. The molecule has 0 aliphatic heterocycles. The molecule has 0 saturated carbocycles. The molecule has 2 aromatic rings. The van der Waals surface area contributed by atoms with Crippen LogP contribution in [-0.4, -0.2) is 27.0 Å². The minimum atomic E-state index is -5.90. The van der Waals surface area contributed by atoms with Crippen molar-refractivity contribution in [2.24, 2.45) is 0 Å². The second-order valence-corrected chi connectivity index (χ2v) is 6.12. The van der Waals surface area contributed by atoms with Crippen LogP contribution in [0.15, 0.2) is 48.5 Å². The standard InChI is InChI=1S/C15H11F3O6S/c1-22-14(19)10-7-12(23-11-5-3-2-4-6-11)9-13(8-10)24-25(20,21)15(16,17)18/h2-9H,1H3. The number of halogens is 3. The van der Waals surface area contributed by atoms with Gasteiger partial charge < -0.3 is 13.7 Å². The van der Waals surface area contributed by atoms with Gasteiger partial charge in [0.25, 0.3) is 0 Å². The molecule has 2 rings (SSSR count). The van der Waals surface area contributed by atoms with Gasteiger partial charge in [0.2, 0.25) is 0 Å². The van der Waals surface area contributed by atoms with Gasteiger partial charge in [0.15, 0.2) is 0 Å². The van der Waals surface area contributed by atoms with Crippen LogP contribution in [0.3, 0.4) is 0 Å². The molecule has 0 spiro atoms. The van der Waals surface area contributed by atoms with Crippen LogP contribution >= 0.6 is 0 Å². The quantitative estimate of drug-likeness (QED) is 0.452. The van der Waals surface area contributed by atoms with E-state index in [1.165, 1.54) is 6.07 Å². The van der Waals surface area contributed by atoms with Gasteiger partial charge in [0, 0.05) is 6.07 Å². The maximum Gasteiger partial charge on any atom is 0.534 e. The lowest BCUT2D eigenvalue weighted by Gasteiger charge is -2.12. The predicted molar refractivity (Wildman–Crippen MR) is 79.9 cm³/mol. The topological polar surface area (TPSA) is 78.9 Å². The first-order chi connectivity index (χ1) is 11.6. The Morgan fingerprint density at radius 2 is 1.56 bits per heavy atom. The van der Waals surface area contributed by atoms with Crippen LogP contribution in [0.5, 0.6) is 17.2 Å². The Balaban J connectivity index is 2.42. The third kappa shape index (κ3) is 4.63. The third-order valence-electron chi connectivity index (χ3n) is 2.77. The lowest BCUT2D eigenvalue weighted by molar-refractivity contribution is -0.0500. The fraction of sp³-hybridized carbons (Fsp3) is 0.133. The zero-order chi connectivity index (χ0) is 18.7. The van der Waals surface area contributed by atoms with Crippen molar-refractivity contribution in [3.05, 3.63) is 54.1 Å². The highest BCUT2D eigenvalue weighted by Gasteiger charge is 2.48. The maximum absolute atomic E-state index is 12.5. The zero-order valence-corrected chi connectivity index (χ0v) is 13.4. The molecular formula is C15H11F3O6S. The number of ether oxygens (including phenoxy) is 2. The molecule has 2 aromatic carbocycles. The number of para-hydroxylation sites is 1. The molecule has 0 atom stereocenters. The maximum atomic E-state index is 12.5. The molecule has 134 valence electrons. The number of carbonyl (C=O) groups excluding carboxylic acids is 1. The summed E-state index contributed by atoms with van der Waals surface area (Å²) in [4.78, 5) is 11.6. The lowest BCUT2D eigenvalue weighted by Crippen LogP contribution is -2.28. The number of benzene rings is 2. The molecule has 0 radical (unpaired) electrons. The van der Waals surface area contributed by atoms with Crippen LogP contribution < -0.4 is 8.92 Å². The van der Waals surface area contributed by atoms with Gasteiger partial charge in [0.1, 0.15) is 17.2 Å². The largest absolute Gasteiger partial charge is 0.534 e. The Hall–Kier alpha value is -2.75. The van der Waals surface area contributed by atoms with Crippen LogP contribution in [0.2, 0.25) is 0 Å². The van der Waals surface area contributed by atoms with Gasteiger partial charge in [-0.25, -0.2) is 4.79 Å². The Labute approximate surface area is 140 Å². The lowest BCUT2D eigenvalue weighted by atomic mass is 10.2. The van der Waals surface area contributed by atoms with Crippen molar-refractivity contribution in [1.29, 1.82) is 0 Å². The van der Waals surface area contributed by atoms with Gasteiger partial charge in [-0.1, -0.05) is 18.2 Å². The number of carbonyl (C=O) groups is 1. The number of alkyl halides is 3. The van der Waals surface area contributed by atoms with Gasteiger partial charge in [0.05, 0.1) is 12.7 Å². The van der Waals surface area contributed by atoms with Gasteiger partial charge >= 0.3 is 21.6 Å². The third-order valence-corrected chi connectivity index (χ3v) is 3.75. The number of esters is 1. The first-order valence-electron chi connectivity index (χ1n) is 6.59. The summed E-state index contributed by atoms with van der Waals surface area (Å²) in [6.45, 7) is 0. The van der Waals surface area contributed by atoms with E-state index in [4.69, 9.17) is 4.74 Å². The highest BCUT2D eigenvalue weighted by molar-refractivity contribution is 7.88. The number of methoxy groups -OCH3 is 1. The molecular weight excluding hydrogens is 365 g/mol. The van der Waals surface area contributed by atoms with E-state index in [1.807, 2.05) is 0 Å². The summed E-state index contributed by atoms with van der Waals surface area (Å²) >= 11 is 0. The number of rotatable bonds is 5. The molecule has 25 heavy (non-hydrogen) atoms. The van der Waals surface area contributed by atoms with Gasteiger partial charge in [-0.05, 0) is 24.3 Å². The van der Waals surface area contributed by atoms with E-state index in [0.717, 1.165) is 19.2 Å².